The smallest absolute Gasteiger partial charge is 0.254 e. The predicted molar refractivity (Wildman–Crippen MR) is 88.5 cm³/mol. The number of nitrogens with zero attached hydrogens (tertiary/aromatic N) is 3. The summed E-state index contributed by atoms with van der Waals surface area (Å²) in [7, 11) is 1.95. The van der Waals surface area contributed by atoms with Gasteiger partial charge < -0.3 is 14.2 Å². The number of rotatable bonds is 4. The second kappa shape index (κ2) is 6.91. The van der Waals surface area contributed by atoms with Gasteiger partial charge in [0.15, 0.2) is 0 Å². The lowest BCUT2D eigenvalue weighted by Crippen LogP contribution is -2.47. The van der Waals surface area contributed by atoms with Crippen LogP contribution in [0.15, 0.2) is 24.5 Å². The molecule has 0 saturated carbocycles. The number of aryl methyl sites for hydroxylation is 1. The SMILES string of the molecule is CCOC[C@H]1Cc2c(ncn2C)CN1C(=O)c1ccc(F)c(Cl)c1. The fourth-order valence-corrected chi connectivity index (χ4v) is 3.14. The van der Waals surface area contributed by atoms with Gasteiger partial charge in [0.25, 0.3) is 5.91 Å². The molecule has 0 radical (unpaired) electrons. The quantitative estimate of drug-likeness (QED) is 0.851. The molecule has 0 aliphatic carbocycles. The molecule has 0 spiro atoms. The van der Waals surface area contributed by atoms with Gasteiger partial charge >= 0.3 is 0 Å². The zero-order valence-corrected chi connectivity index (χ0v) is 14.4. The zero-order chi connectivity index (χ0) is 17.3. The molecule has 5 nitrogen and oxygen atoms in total. The summed E-state index contributed by atoms with van der Waals surface area (Å²) in [6.45, 7) is 3.35. The number of carbonyl (C=O) groups is 1. The van der Waals surface area contributed by atoms with Crippen LogP contribution in [0.25, 0.3) is 0 Å². The number of halogens is 2. The van der Waals surface area contributed by atoms with E-state index in [1.165, 1.54) is 18.2 Å². The first kappa shape index (κ1) is 16.9. The minimum absolute atomic E-state index is 0.0576. The summed E-state index contributed by atoms with van der Waals surface area (Å²) in [5.74, 6) is -0.734. The zero-order valence-electron chi connectivity index (χ0n) is 13.6. The van der Waals surface area contributed by atoms with Crippen LogP contribution in [0.2, 0.25) is 5.02 Å². The monoisotopic (exact) mass is 351 g/mol. The number of imidazole rings is 1. The Morgan fingerprint density at radius 3 is 3.00 bits per heavy atom. The van der Waals surface area contributed by atoms with Crippen molar-refractivity contribution in [1.82, 2.24) is 14.5 Å². The molecular weight excluding hydrogens is 333 g/mol. The van der Waals surface area contributed by atoms with E-state index in [2.05, 4.69) is 4.98 Å². The summed E-state index contributed by atoms with van der Waals surface area (Å²) in [5, 5.41) is -0.0576. The van der Waals surface area contributed by atoms with Crippen LogP contribution in [-0.2, 0) is 24.8 Å². The van der Waals surface area contributed by atoms with Crippen LogP contribution in [0.1, 0.15) is 28.7 Å². The van der Waals surface area contributed by atoms with Crippen molar-refractivity contribution in [3.8, 4) is 0 Å². The van der Waals surface area contributed by atoms with Gasteiger partial charge in [-0.2, -0.15) is 0 Å². The highest BCUT2D eigenvalue weighted by Gasteiger charge is 2.33. The second-order valence-corrected chi connectivity index (χ2v) is 6.24. The maximum atomic E-state index is 13.4. The summed E-state index contributed by atoms with van der Waals surface area (Å²) in [4.78, 5) is 19.0. The van der Waals surface area contributed by atoms with Crippen LogP contribution in [-0.4, -0.2) is 39.6 Å². The third-order valence-electron chi connectivity index (χ3n) is 4.28. The number of hydrogen-bond acceptors (Lipinski definition) is 3. The number of fused-ring (bicyclic) bond motifs is 1. The summed E-state index contributed by atoms with van der Waals surface area (Å²) < 4.78 is 20.9. The van der Waals surface area contributed by atoms with Crippen LogP contribution in [0, 0.1) is 5.82 Å². The van der Waals surface area contributed by atoms with E-state index in [-0.39, 0.29) is 17.0 Å². The Morgan fingerprint density at radius 1 is 1.50 bits per heavy atom. The largest absolute Gasteiger partial charge is 0.380 e. The van der Waals surface area contributed by atoms with Crippen LogP contribution >= 0.6 is 11.6 Å². The van der Waals surface area contributed by atoms with Gasteiger partial charge in [0.2, 0.25) is 0 Å². The molecule has 1 aromatic heterocycles. The molecule has 0 unspecified atom stereocenters. The first-order valence-corrected chi connectivity index (χ1v) is 8.22. The average Bonchev–Trinajstić information content (AvgIpc) is 2.94. The second-order valence-electron chi connectivity index (χ2n) is 5.83. The average molecular weight is 352 g/mol. The summed E-state index contributed by atoms with van der Waals surface area (Å²) in [6, 6.07) is 3.94. The molecule has 128 valence electrons. The molecule has 0 bridgehead atoms. The van der Waals surface area contributed by atoms with Gasteiger partial charge in [-0.3, -0.25) is 4.79 Å². The van der Waals surface area contributed by atoms with Crippen molar-refractivity contribution in [3.05, 3.63) is 52.3 Å². The molecule has 2 heterocycles. The first-order valence-electron chi connectivity index (χ1n) is 7.84. The number of aromatic nitrogens is 2. The minimum atomic E-state index is -0.537. The van der Waals surface area contributed by atoms with Crippen molar-refractivity contribution in [3.63, 3.8) is 0 Å². The number of ether oxygens (including phenoxy) is 1. The molecule has 2 aromatic rings. The van der Waals surface area contributed by atoms with E-state index in [1.807, 2.05) is 18.5 Å². The number of benzene rings is 1. The fourth-order valence-electron chi connectivity index (χ4n) is 2.96. The molecule has 1 aliphatic rings. The lowest BCUT2D eigenvalue weighted by Gasteiger charge is -2.35. The maximum absolute atomic E-state index is 13.4. The highest BCUT2D eigenvalue weighted by molar-refractivity contribution is 6.31. The van der Waals surface area contributed by atoms with Crippen molar-refractivity contribution in [2.24, 2.45) is 7.05 Å². The van der Waals surface area contributed by atoms with E-state index in [1.54, 1.807) is 11.2 Å². The van der Waals surface area contributed by atoms with Crippen LogP contribution in [0.4, 0.5) is 4.39 Å². The van der Waals surface area contributed by atoms with E-state index >= 15 is 0 Å². The van der Waals surface area contributed by atoms with Crippen molar-refractivity contribution < 1.29 is 13.9 Å². The molecule has 0 fully saturated rings. The number of hydrogen-bond donors (Lipinski definition) is 0. The van der Waals surface area contributed by atoms with Crippen molar-refractivity contribution >= 4 is 17.5 Å². The van der Waals surface area contributed by atoms with Crippen molar-refractivity contribution in [2.45, 2.75) is 25.9 Å². The molecule has 1 aliphatic heterocycles. The lowest BCUT2D eigenvalue weighted by atomic mass is 10.0. The molecule has 1 amide bonds. The van der Waals surface area contributed by atoms with Crippen molar-refractivity contribution in [2.75, 3.05) is 13.2 Å². The standard InChI is InChI=1S/C17H19ClFN3O2/c1-3-24-9-12-7-16-15(20-10-21(16)2)8-22(12)17(23)11-4-5-14(19)13(18)6-11/h4-6,10,12H,3,7-9H2,1-2H3/t12-/m1/s1. The lowest BCUT2D eigenvalue weighted by molar-refractivity contribution is 0.0387. The van der Waals surface area contributed by atoms with E-state index in [0.717, 1.165) is 11.4 Å². The van der Waals surface area contributed by atoms with E-state index < -0.39 is 5.82 Å². The minimum Gasteiger partial charge on any atom is -0.380 e. The number of carbonyl (C=O) groups excluding carboxylic acids is 1. The molecular formula is C17H19ClFN3O2. The van der Waals surface area contributed by atoms with E-state index in [4.69, 9.17) is 16.3 Å². The summed E-state index contributed by atoms with van der Waals surface area (Å²) in [6.07, 6.45) is 2.43. The van der Waals surface area contributed by atoms with Gasteiger partial charge in [-0.25, -0.2) is 9.37 Å². The van der Waals surface area contributed by atoms with Crippen molar-refractivity contribution in [1.29, 1.82) is 0 Å². The van der Waals surface area contributed by atoms with Gasteiger partial charge in [-0.1, -0.05) is 11.6 Å². The third-order valence-corrected chi connectivity index (χ3v) is 4.57. The van der Waals surface area contributed by atoms with E-state index in [9.17, 15) is 9.18 Å². The van der Waals surface area contributed by atoms with Crippen LogP contribution in [0.3, 0.4) is 0 Å². The molecule has 0 N–H and O–H groups in total. The Morgan fingerprint density at radius 2 is 2.29 bits per heavy atom. The Hall–Kier alpha value is -1.92. The maximum Gasteiger partial charge on any atom is 0.254 e. The van der Waals surface area contributed by atoms with E-state index in [0.29, 0.717) is 31.7 Å². The van der Waals surface area contributed by atoms with Gasteiger partial charge in [0.05, 0.1) is 36.2 Å². The normalized spacial score (nSPS) is 17.0. The number of amides is 1. The van der Waals surface area contributed by atoms with Gasteiger partial charge in [-0.05, 0) is 25.1 Å². The predicted octanol–water partition coefficient (Wildman–Crippen LogP) is 2.82. The Kier molecular flexibility index (Phi) is 4.87. The third kappa shape index (κ3) is 3.16. The molecule has 0 saturated heterocycles. The highest BCUT2D eigenvalue weighted by Crippen LogP contribution is 2.25. The summed E-state index contributed by atoms with van der Waals surface area (Å²) in [5.41, 5.74) is 2.36. The summed E-state index contributed by atoms with van der Waals surface area (Å²) >= 11 is 5.82. The van der Waals surface area contributed by atoms with Crippen LogP contribution < -0.4 is 0 Å². The van der Waals surface area contributed by atoms with Gasteiger partial charge in [0, 0.05) is 31.3 Å². The Bertz CT molecular complexity index is 762. The van der Waals surface area contributed by atoms with Gasteiger partial charge in [0.1, 0.15) is 5.82 Å². The van der Waals surface area contributed by atoms with Crippen LogP contribution in [0.5, 0.6) is 0 Å². The molecule has 1 atom stereocenters. The Balaban J connectivity index is 1.90. The molecule has 7 heteroatoms. The molecule has 1 aromatic carbocycles. The first-order chi connectivity index (χ1) is 11.5. The molecule has 24 heavy (non-hydrogen) atoms. The highest BCUT2D eigenvalue weighted by atomic mass is 35.5. The Labute approximate surface area is 145 Å². The fraction of sp³-hybridized carbons (Fsp3) is 0.412. The van der Waals surface area contributed by atoms with Gasteiger partial charge in [-0.15, -0.1) is 0 Å². The topological polar surface area (TPSA) is 47.4 Å². The molecule has 3 rings (SSSR count).